The molecule has 0 bridgehead atoms. The van der Waals surface area contributed by atoms with Crippen molar-refractivity contribution >= 4 is 16.9 Å². The molecule has 0 nitrogen and oxygen atoms in total. The number of hydrogen-bond acceptors (Lipinski definition) is 0. The zero-order valence-electron chi connectivity index (χ0n) is 6.69. The second-order valence-electron chi connectivity index (χ2n) is 2.83. The first-order chi connectivity index (χ1) is 4.27. The molecule has 0 aromatic rings. The van der Waals surface area contributed by atoms with E-state index in [0.717, 1.165) is 4.71 Å². The van der Waals surface area contributed by atoms with Crippen molar-refractivity contribution in [2.24, 2.45) is 0 Å². The molecule has 0 spiro atoms. The number of hydrogen-bond donors (Lipinski definition) is 0. The molecule has 0 saturated carbocycles. The van der Waals surface area contributed by atoms with Crippen LogP contribution < -0.4 is 0 Å². The Balaban J connectivity index is 2.75. The molecule has 2 atom stereocenters. The topological polar surface area (TPSA) is 0 Å². The van der Waals surface area contributed by atoms with Crippen LogP contribution in [0, 0.1) is 0 Å². The first-order valence-electron chi connectivity index (χ1n) is 4.03. The average Bonchev–Trinajstić information content (AvgIpc) is 1.80. The Kier molecular flexibility index (Phi) is 7.09. The van der Waals surface area contributed by atoms with Gasteiger partial charge in [-0.05, 0) is 0 Å². The van der Waals surface area contributed by atoms with Gasteiger partial charge in [-0.2, -0.15) is 0 Å². The summed E-state index contributed by atoms with van der Waals surface area (Å²) in [6, 6.07) is 0. The first kappa shape index (κ1) is 9.56. The van der Waals surface area contributed by atoms with Gasteiger partial charge in [0.15, 0.2) is 0 Å². The van der Waals surface area contributed by atoms with E-state index in [1.54, 1.807) is 0 Å². The Morgan fingerprint density at radius 3 is 2.33 bits per heavy atom. The SMILES string of the molecule is CCCCCCC(C)[AsH2]. The Bertz CT molecular complexity index is 50.5. The minimum atomic E-state index is 0.967. The number of rotatable bonds is 5. The monoisotopic (exact) mass is 190 g/mol. The van der Waals surface area contributed by atoms with E-state index in [1.165, 1.54) is 32.1 Å². The number of unbranched alkanes of at least 4 members (excludes halogenated alkanes) is 3. The van der Waals surface area contributed by atoms with E-state index < -0.39 is 0 Å². The molecule has 0 aliphatic heterocycles. The summed E-state index contributed by atoms with van der Waals surface area (Å²) in [6.45, 7) is 4.59. The second kappa shape index (κ2) is 6.68. The normalized spacial score (nSPS) is 13.7. The van der Waals surface area contributed by atoms with Crippen LogP contribution >= 0.6 is 0 Å². The van der Waals surface area contributed by atoms with Crippen LogP contribution in [0.5, 0.6) is 0 Å². The molecule has 2 unspecified atom stereocenters. The van der Waals surface area contributed by atoms with E-state index in [0.29, 0.717) is 0 Å². The van der Waals surface area contributed by atoms with Gasteiger partial charge in [0.25, 0.3) is 0 Å². The summed E-state index contributed by atoms with van der Waals surface area (Å²) in [5, 5.41) is 0. The van der Waals surface area contributed by atoms with Gasteiger partial charge in [0.05, 0.1) is 0 Å². The van der Waals surface area contributed by atoms with Gasteiger partial charge in [-0.15, -0.1) is 0 Å². The fourth-order valence-electron chi connectivity index (χ4n) is 0.893. The molecule has 0 fully saturated rings. The molecule has 0 aliphatic rings. The summed E-state index contributed by atoms with van der Waals surface area (Å²) in [6.07, 6.45) is 7.14. The third-order valence-corrected chi connectivity index (χ3v) is 2.21. The summed E-state index contributed by atoms with van der Waals surface area (Å²) in [4.78, 5) is 0. The second-order valence-corrected chi connectivity index (χ2v) is 5.21. The van der Waals surface area contributed by atoms with Gasteiger partial charge in [-0.3, -0.25) is 0 Å². The van der Waals surface area contributed by atoms with Gasteiger partial charge < -0.3 is 0 Å². The van der Waals surface area contributed by atoms with Crippen LogP contribution in [0.3, 0.4) is 0 Å². The van der Waals surface area contributed by atoms with E-state index >= 15 is 0 Å². The van der Waals surface area contributed by atoms with E-state index in [4.69, 9.17) is 0 Å². The van der Waals surface area contributed by atoms with Gasteiger partial charge in [0, 0.05) is 0 Å². The molecule has 0 aromatic heterocycles. The van der Waals surface area contributed by atoms with Crippen LogP contribution in [-0.4, -0.2) is 16.9 Å². The zero-order chi connectivity index (χ0) is 7.11. The molecular weight excluding hydrogens is 171 g/mol. The standard InChI is InChI=1S/C8H19As/c1-3-4-5-6-7-8(2)9/h8H,3-7,9H2,1-2H3. The molecule has 0 rings (SSSR count). The Morgan fingerprint density at radius 1 is 1.22 bits per heavy atom. The summed E-state index contributed by atoms with van der Waals surface area (Å²) < 4.78 is 0.967. The molecule has 0 radical (unpaired) electrons. The van der Waals surface area contributed by atoms with Crippen LogP contribution in [0.25, 0.3) is 0 Å². The molecule has 0 N–H and O–H groups in total. The van der Waals surface area contributed by atoms with E-state index in [1.807, 2.05) is 16.9 Å². The zero-order valence-corrected chi connectivity index (χ0v) is 9.11. The molecule has 9 heavy (non-hydrogen) atoms. The summed E-state index contributed by atoms with van der Waals surface area (Å²) >= 11 is 1.89. The predicted molar refractivity (Wildman–Crippen MR) is 46.7 cm³/mol. The van der Waals surface area contributed by atoms with Crippen LogP contribution in [0.15, 0.2) is 0 Å². The maximum absolute atomic E-state index is 2.33. The van der Waals surface area contributed by atoms with Crippen LogP contribution in [0.4, 0.5) is 0 Å². The van der Waals surface area contributed by atoms with Crippen molar-refractivity contribution in [1.82, 2.24) is 0 Å². The van der Waals surface area contributed by atoms with Crippen molar-refractivity contribution in [3.8, 4) is 0 Å². The minimum absolute atomic E-state index is 0.967. The predicted octanol–water partition coefficient (Wildman–Crippen LogP) is 2.40. The Morgan fingerprint density at radius 2 is 1.89 bits per heavy atom. The van der Waals surface area contributed by atoms with Crippen molar-refractivity contribution in [3.63, 3.8) is 0 Å². The van der Waals surface area contributed by atoms with Gasteiger partial charge in [0.2, 0.25) is 0 Å². The molecule has 56 valence electrons. The molecule has 1 heteroatoms. The quantitative estimate of drug-likeness (QED) is 0.461. The molecular formula is C8H19As. The molecule has 0 saturated heterocycles. The average molecular weight is 190 g/mol. The fourth-order valence-corrected chi connectivity index (χ4v) is 1.39. The van der Waals surface area contributed by atoms with Crippen molar-refractivity contribution in [3.05, 3.63) is 0 Å². The molecule has 0 heterocycles. The van der Waals surface area contributed by atoms with Gasteiger partial charge >= 0.3 is 67.5 Å². The maximum atomic E-state index is 2.33. The van der Waals surface area contributed by atoms with Gasteiger partial charge in [0.1, 0.15) is 0 Å². The molecule has 0 aliphatic carbocycles. The summed E-state index contributed by atoms with van der Waals surface area (Å²) in [5.41, 5.74) is 0. The van der Waals surface area contributed by atoms with Crippen molar-refractivity contribution in [2.75, 3.05) is 0 Å². The van der Waals surface area contributed by atoms with E-state index in [9.17, 15) is 0 Å². The third kappa shape index (κ3) is 8.56. The van der Waals surface area contributed by atoms with Crippen LogP contribution in [-0.2, 0) is 0 Å². The Labute approximate surface area is 67.9 Å². The molecule has 0 amide bonds. The van der Waals surface area contributed by atoms with Crippen molar-refractivity contribution in [2.45, 2.75) is 50.7 Å². The van der Waals surface area contributed by atoms with Crippen molar-refractivity contribution < 1.29 is 0 Å². The summed E-state index contributed by atoms with van der Waals surface area (Å²) in [5.74, 6) is 0. The van der Waals surface area contributed by atoms with Crippen LogP contribution in [0.1, 0.15) is 46.0 Å². The fraction of sp³-hybridized carbons (Fsp3) is 1.00. The third-order valence-electron chi connectivity index (χ3n) is 1.51. The van der Waals surface area contributed by atoms with Crippen LogP contribution in [0.2, 0.25) is 4.71 Å². The Hall–Kier alpha value is 0.558. The first-order valence-corrected chi connectivity index (χ1v) is 5.42. The van der Waals surface area contributed by atoms with Crippen molar-refractivity contribution in [1.29, 1.82) is 0 Å². The van der Waals surface area contributed by atoms with E-state index in [2.05, 4.69) is 13.8 Å². The summed E-state index contributed by atoms with van der Waals surface area (Å²) in [7, 11) is 0. The van der Waals surface area contributed by atoms with Gasteiger partial charge in [-0.25, -0.2) is 0 Å². The molecule has 0 aromatic carbocycles. The van der Waals surface area contributed by atoms with Gasteiger partial charge in [-0.1, -0.05) is 0 Å². The van der Waals surface area contributed by atoms with E-state index in [-0.39, 0.29) is 0 Å².